The fourth-order valence-corrected chi connectivity index (χ4v) is 0. The predicted molar refractivity (Wildman–Crippen MR) is 8.44 cm³/mol. The van der Waals surface area contributed by atoms with Gasteiger partial charge in [-0.15, -0.1) is 0 Å². The van der Waals surface area contributed by atoms with Crippen LogP contribution in [0.15, 0.2) is 0 Å². The van der Waals surface area contributed by atoms with Gasteiger partial charge in [0.25, 0.3) is 0 Å². The van der Waals surface area contributed by atoms with Crippen LogP contribution in [-0.4, -0.2) is 11.6 Å². The summed E-state index contributed by atoms with van der Waals surface area (Å²) in [6.45, 7) is 0. The monoisotopic (exact) mass is 140 g/mol. The molecule has 0 radical (unpaired) electrons. The van der Waals surface area contributed by atoms with Crippen molar-refractivity contribution in [2.24, 2.45) is 0 Å². The van der Waals surface area contributed by atoms with E-state index in [1.54, 1.807) is 0 Å². The van der Waals surface area contributed by atoms with Crippen LogP contribution in [0.25, 0.3) is 0 Å². The fraction of sp³-hybridized carbons (Fsp3) is 0. The van der Waals surface area contributed by atoms with Gasteiger partial charge in [-0.1, -0.05) is 0 Å². The molecule has 6 heteroatoms. The first-order valence-electron chi connectivity index (χ1n) is 0.612. The second-order valence-corrected chi connectivity index (χ2v) is 0.250. The van der Waals surface area contributed by atoms with Gasteiger partial charge in [0.15, 0.2) is 0 Å². The fourth-order valence-electron chi connectivity index (χ4n) is 0. The molecule has 0 aliphatic carbocycles. The molecule has 0 aliphatic heterocycles. The molecule has 0 atom stereocenters. The largest absolute Gasteiger partial charge is 1.00 e. The van der Waals surface area contributed by atoms with Crippen LogP contribution in [0.3, 0.4) is 0 Å². The summed E-state index contributed by atoms with van der Waals surface area (Å²) in [5.74, 6) is 0. The third kappa shape index (κ3) is 77.7. The zero-order chi connectivity index (χ0) is 3.58. The third-order valence-corrected chi connectivity index (χ3v) is 0. The number of hydrogen-bond donors (Lipinski definition) is 0. The molecular weight excluding hydrogens is 138 g/mol. The van der Waals surface area contributed by atoms with Gasteiger partial charge in [-0.2, -0.15) is 0 Å². The number of hydrogen-bond acceptors (Lipinski definition) is 4. The minimum absolute atomic E-state index is 0. The summed E-state index contributed by atoms with van der Waals surface area (Å²) in [5.41, 5.74) is 0. The smallest absolute Gasteiger partial charge is 0.870 e. The van der Waals surface area contributed by atoms with Gasteiger partial charge in [0.1, 0.15) is 0 Å². The van der Waals surface area contributed by atoms with Gasteiger partial charge in [-0.3, -0.25) is 0 Å². The van der Waals surface area contributed by atoms with E-state index in [4.69, 9.17) is 15.0 Å². The van der Waals surface area contributed by atoms with Crippen LogP contribution in [-0.2, 0) is 0 Å². The van der Waals surface area contributed by atoms with E-state index in [0.717, 1.165) is 0 Å². The Morgan fingerprint density at radius 3 is 1.43 bits per heavy atom. The van der Waals surface area contributed by atoms with E-state index in [1.807, 2.05) is 0 Å². The Bertz CT molecular complexity index is 39.0. The minimum atomic E-state index is -2.33. The van der Waals surface area contributed by atoms with Crippen LogP contribution in [0.5, 0.6) is 0 Å². The van der Waals surface area contributed by atoms with Gasteiger partial charge in [-0.05, 0) is 6.16 Å². The summed E-state index contributed by atoms with van der Waals surface area (Å²) in [7, 11) is 0. The molecule has 0 saturated heterocycles. The summed E-state index contributed by atoms with van der Waals surface area (Å²) in [5, 5.41) is 16.7. The van der Waals surface area contributed by atoms with Crippen LogP contribution in [0.4, 0.5) is 4.79 Å². The van der Waals surface area contributed by atoms with Crippen molar-refractivity contribution >= 4 is 6.16 Å². The van der Waals surface area contributed by atoms with Gasteiger partial charge in [0, 0.05) is 0 Å². The van der Waals surface area contributed by atoms with Crippen molar-refractivity contribution in [2.75, 3.05) is 0 Å². The molecule has 0 aliphatic rings. The summed E-state index contributed by atoms with van der Waals surface area (Å²) in [6, 6.07) is 0. The maximum absolute atomic E-state index is 8.33. The van der Waals surface area contributed by atoms with E-state index in [1.165, 1.54) is 0 Å². The Morgan fingerprint density at radius 2 is 1.43 bits per heavy atom. The molecule has 0 aromatic carbocycles. The first-order chi connectivity index (χ1) is 1.73. The SMILES string of the molecule is O=C([O-])[O-].[H+].[K+].[Na+].[OH-]. The summed E-state index contributed by atoms with van der Waals surface area (Å²) in [4.78, 5) is 8.33. The number of carboxylic acid groups (broad SMARTS) is 2. The molecule has 0 spiro atoms. The molecule has 0 fully saturated rings. The van der Waals surface area contributed by atoms with Crippen molar-refractivity contribution in [2.45, 2.75) is 0 Å². The van der Waals surface area contributed by atoms with E-state index in [0.29, 0.717) is 0 Å². The van der Waals surface area contributed by atoms with Crippen LogP contribution in [0, 0.1) is 0 Å². The van der Waals surface area contributed by atoms with Crippen molar-refractivity contribution in [3.05, 3.63) is 0 Å². The average Bonchev–Trinajstić information content (AvgIpc) is 0.811. The molecule has 32 valence electrons. The van der Waals surface area contributed by atoms with Crippen molar-refractivity contribution in [3.63, 3.8) is 0 Å². The standard InChI is InChI=1S/CH2O3.K.Na.H2O/c2-1(3)4;;;/h(H2,2,3,4);;;1H2/q;2*+1;/p-2. The molecule has 0 rings (SSSR count). The normalized spacial score (nSPS) is 3.43. The molecule has 0 heterocycles. The van der Waals surface area contributed by atoms with Crippen LogP contribution in [0.2, 0.25) is 0 Å². The first-order valence-corrected chi connectivity index (χ1v) is 0.612. The molecule has 0 aromatic rings. The van der Waals surface area contributed by atoms with Crippen molar-refractivity contribution in [3.8, 4) is 0 Å². The van der Waals surface area contributed by atoms with Crippen molar-refractivity contribution in [1.29, 1.82) is 0 Å². The Morgan fingerprint density at radius 1 is 1.43 bits per heavy atom. The van der Waals surface area contributed by atoms with E-state index < -0.39 is 6.16 Å². The molecule has 0 bridgehead atoms. The second kappa shape index (κ2) is 15.7. The van der Waals surface area contributed by atoms with Crippen LogP contribution in [0.1, 0.15) is 1.43 Å². The Labute approximate surface area is 107 Å². The molecule has 0 aromatic heterocycles. The summed E-state index contributed by atoms with van der Waals surface area (Å²) >= 11 is 0. The van der Waals surface area contributed by atoms with Crippen molar-refractivity contribution in [1.82, 2.24) is 0 Å². The van der Waals surface area contributed by atoms with Gasteiger partial charge in [0.2, 0.25) is 0 Å². The van der Waals surface area contributed by atoms with Crippen LogP contribution < -0.4 is 91.2 Å². The second-order valence-electron chi connectivity index (χ2n) is 0.250. The van der Waals surface area contributed by atoms with Gasteiger partial charge in [-0.25, -0.2) is 0 Å². The molecular formula is CH2KNaO4. The number of carbonyl (C=O) groups excluding carboxylic acids is 1. The zero-order valence-corrected chi connectivity index (χ0v) is 9.30. The first kappa shape index (κ1) is 23.2. The number of rotatable bonds is 0. The van der Waals surface area contributed by atoms with Crippen LogP contribution >= 0.6 is 0 Å². The van der Waals surface area contributed by atoms with E-state index in [-0.39, 0.29) is 87.8 Å². The van der Waals surface area contributed by atoms with E-state index >= 15 is 0 Å². The zero-order valence-electron chi connectivity index (χ0n) is 5.17. The van der Waals surface area contributed by atoms with E-state index in [2.05, 4.69) is 0 Å². The Hall–Kier alpha value is 1.87. The van der Waals surface area contributed by atoms with Gasteiger partial charge < -0.3 is 20.5 Å². The predicted octanol–water partition coefficient (Wildman–Crippen LogP) is -8.50. The topological polar surface area (TPSA) is 93.2 Å². The van der Waals surface area contributed by atoms with Gasteiger partial charge >= 0.3 is 82.4 Å². The minimum Gasteiger partial charge on any atom is -0.870 e. The molecule has 0 saturated carbocycles. The maximum atomic E-state index is 8.33. The quantitative estimate of drug-likeness (QED) is 0.312. The maximum Gasteiger partial charge on any atom is 1.00 e. The third-order valence-electron chi connectivity index (χ3n) is 0. The molecule has 0 unspecified atom stereocenters. The van der Waals surface area contributed by atoms with Crippen molar-refractivity contribution < 1.29 is 103 Å². The Balaban J connectivity index is -0.00000000750. The Kier molecular flexibility index (Phi) is 51.8. The molecule has 0 amide bonds. The summed E-state index contributed by atoms with van der Waals surface area (Å²) in [6.07, 6.45) is -2.33. The van der Waals surface area contributed by atoms with Gasteiger partial charge in [0.05, 0.1) is 0 Å². The number of carbonyl (C=O) groups is 1. The molecule has 7 heavy (non-hydrogen) atoms. The average molecular weight is 140 g/mol. The van der Waals surface area contributed by atoms with E-state index in [9.17, 15) is 0 Å². The molecule has 4 nitrogen and oxygen atoms in total. The molecule has 1 N–H and O–H groups in total. The summed E-state index contributed by atoms with van der Waals surface area (Å²) < 4.78 is 0.